The summed E-state index contributed by atoms with van der Waals surface area (Å²) >= 11 is 0. The Bertz CT molecular complexity index is 70.1. The van der Waals surface area contributed by atoms with Gasteiger partial charge in [0.25, 0.3) is 0 Å². The topological polar surface area (TPSA) is 44.3 Å². The van der Waals surface area contributed by atoms with E-state index in [2.05, 4.69) is 10.6 Å². The van der Waals surface area contributed by atoms with E-state index in [9.17, 15) is 0 Å². The molecule has 0 saturated carbocycles. The van der Waals surface area contributed by atoms with Crippen molar-refractivity contribution in [3.05, 3.63) is 0 Å². The van der Waals surface area contributed by atoms with Crippen LogP contribution in [0.15, 0.2) is 0 Å². The number of aliphatic hydroxyl groups is 1. The maximum atomic E-state index is 9.03. The fourth-order valence-electron chi connectivity index (χ4n) is 0.770. The van der Waals surface area contributed by atoms with Gasteiger partial charge in [-0.2, -0.15) is 0 Å². The Kier molecular flexibility index (Phi) is 1.83. The van der Waals surface area contributed by atoms with Crippen LogP contribution in [0.3, 0.4) is 0 Å². The van der Waals surface area contributed by atoms with Gasteiger partial charge in [0.1, 0.15) is 6.23 Å². The monoisotopic (exact) mass is 116 g/mol. The molecule has 3 heteroatoms. The van der Waals surface area contributed by atoms with E-state index in [-0.39, 0.29) is 6.23 Å². The first-order valence-corrected chi connectivity index (χ1v) is 2.90. The first-order valence-electron chi connectivity index (χ1n) is 2.90. The van der Waals surface area contributed by atoms with E-state index in [1.54, 1.807) is 7.05 Å². The summed E-state index contributed by atoms with van der Waals surface area (Å²) in [4.78, 5) is 0. The lowest BCUT2D eigenvalue weighted by molar-refractivity contribution is 0.0549. The largest absolute Gasteiger partial charge is 0.378 e. The van der Waals surface area contributed by atoms with E-state index >= 15 is 0 Å². The first-order chi connectivity index (χ1) is 3.84. The van der Waals surface area contributed by atoms with Crippen molar-refractivity contribution in [2.75, 3.05) is 20.1 Å². The molecular formula is C5H12N2O. The molecule has 1 heterocycles. The summed E-state index contributed by atoms with van der Waals surface area (Å²) in [7, 11) is 1.77. The minimum Gasteiger partial charge on any atom is -0.378 e. The van der Waals surface area contributed by atoms with Crippen LogP contribution >= 0.6 is 0 Å². The highest BCUT2D eigenvalue weighted by atomic mass is 16.3. The van der Waals surface area contributed by atoms with Crippen molar-refractivity contribution >= 4 is 0 Å². The summed E-state index contributed by atoms with van der Waals surface area (Å²) in [6, 6.07) is 0. The number of hydrogen-bond acceptors (Lipinski definition) is 3. The Labute approximate surface area is 49.1 Å². The van der Waals surface area contributed by atoms with Crippen LogP contribution in [0.5, 0.6) is 0 Å². The van der Waals surface area contributed by atoms with Gasteiger partial charge in [-0.1, -0.05) is 0 Å². The molecule has 0 aromatic heterocycles. The van der Waals surface area contributed by atoms with Crippen LogP contribution in [0.4, 0.5) is 0 Å². The second-order valence-electron chi connectivity index (χ2n) is 2.15. The lowest BCUT2D eigenvalue weighted by atomic mass is 10.0. The van der Waals surface area contributed by atoms with E-state index in [0.717, 1.165) is 13.1 Å². The van der Waals surface area contributed by atoms with E-state index in [4.69, 9.17) is 5.11 Å². The third-order valence-corrected chi connectivity index (χ3v) is 1.56. The van der Waals surface area contributed by atoms with Crippen molar-refractivity contribution in [3.63, 3.8) is 0 Å². The molecule has 1 rings (SSSR count). The zero-order valence-corrected chi connectivity index (χ0v) is 5.02. The molecule has 3 nitrogen and oxygen atoms in total. The molecule has 1 saturated heterocycles. The summed E-state index contributed by atoms with van der Waals surface area (Å²) in [5, 5.41) is 14.9. The zero-order chi connectivity index (χ0) is 5.98. The Morgan fingerprint density at radius 1 is 1.75 bits per heavy atom. The Balaban J connectivity index is 2.13. The Morgan fingerprint density at radius 2 is 2.38 bits per heavy atom. The van der Waals surface area contributed by atoms with Crippen LogP contribution in [0.1, 0.15) is 0 Å². The second kappa shape index (κ2) is 2.44. The van der Waals surface area contributed by atoms with E-state index < -0.39 is 0 Å². The molecule has 3 N–H and O–H groups in total. The molecule has 1 atom stereocenters. The van der Waals surface area contributed by atoms with Crippen molar-refractivity contribution in [2.24, 2.45) is 5.92 Å². The van der Waals surface area contributed by atoms with Crippen molar-refractivity contribution in [3.8, 4) is 0 Å². The van der Waals surface area contributed by atoms with E-state index in [0.29, 0.717) is 5.92 Å². The molecule has 1 aliphatic heterocycles. The maximum absolute atomic E-state index is 9.03. The zero-order valence-electron chi connectivity index (χ0n) is 5.02. The van der Waals surface area contributed by atoms with Crippen LogP contribution in [-0.4, -0.2) is 31.5 Å². The van der Waals surface area contributed by atoms with Gasteiger partial charge in [0.05, 0.1) is 0 Å². The van der Waals surface area contributed by atoms with Crippen LogP contribution in [0.2, 0.25) is 0 Å². The van der Waals surface area contributed by atoms with Crippen molar-refractivity contribution in [1.29, 1.82) is 0 Å². The molecule has 0 aromatic carbocycles. The molecule has 0 amide bonds. The minimum atomic E-state index is -0.309. The SMILES string of the molecule is CNC(O)C1CNC1. The van der Waals surface area contributed by atoms with Gasteiger partial charge in [-0.3, -0.25) is 5.32 Å². The normalized spacial score (nSPS) is 24.8. The molecule has 0 aromatic rings. The molecule has 48 valence electrons. The van der Waals surface area contributed by atoms with Gasteiger partial charge in [-0.25, -0.2) is 0 Å². The lowest BCUT2D eigenvalue weighted by Gasteiger charge is -2.30. The smallest absolute Gasteiger partial charge is 0.109 e. The van der Waals surface area contributed by atoms with Gasteiger partial charge in [0.15, 0.2) is 0 Å². The summed E-state index contributed by atoms with van der Waals surface area (Å²) in [5.74, 6) is 0.431. The molecule has 1 aliphatic rings. The lowest BCUT2D eigenvalue weighted by Crippen LogP contribution is -2.52. The molecule has 0 aliphatic carbocycles. The fourth-order valence-corrected chi connectivity index (χ4v) is 0.770. The third-order valence-electron chi connectivity index (χ3n) is 1.56. The highest BCUT2D eigenvalue weighted by molar-refractivity contribution is 4.78. The van der Waals surface area contributed by atoms with Crippen LogP contribution in [0.25, 0.3) is 0 Å². The van der Waals surface area contributed by atoms with E-state index in [1.807, 2.05) is 0 Å². The average molecular weight is 116 g/mol. The third kappa shape index (κ3) is 0.992. The molecule has 1 unspecified atom stereocenters. The molecule has 0 bridgehead atoms. The molecule has 0 spiro atoms. The van der Waals surface area contributed by atoms with Crippen molar-refractivity contribution in [1.82, 2.24) is 10.6 Å². The van der Waals surface area contributed by atoms with Crippen molar-refractivity contribution in [2.45, 2.75) is 6.23 Å². The highest BCUT2D eigenvalue weighted by Crippen LogP contribution is 2.04. The first kappa shape index (κ1) is 6.01. The van der Waals surface area contributed by atoms with Crippen LogP contribution in [-0.2, 0) is 0 Å². The summed E-state index contributed by atoms with van der Waals surface area (Å²) < 4.78 is 0. The fraction of sp³-hybridized carbons (Fsp3) is 1.00. The van der Waals surface area contributed by atoms with Crippen LogP contribution in [0, 0.1) is 5.92 Å². The number of rotatable bonds is 2. The average Bonchev–Trinajstić information content (AvgIpc) is 1.62. The number of nitrogens with one attached hydrogen (secondary N) is 2. The summed E-state index contributed by atoms with van der Waals surface area (Å²) in [6.45, 7) is 1.89. The Hall–Kier alpha value is -0.120. The standard InChI is InChI=1S/C5H12N2O/c1-6-5(8)4-2-7-3-4/h4-8H,2-3H2,1H3. The number of hydrogen-bond donors (Lipinski definition) is 3. The highest BCUT2D eigenvalue weighted by Gasteiger charge is 2.23. The quantitative estimate of drug-likeness (QED) is 0.395. The number of aliphatic hydroxyl groups excluding tert-OH is 1. The summed E-state index contributed by atoms with van der Waals surface area (Å²) in [5.41, 5.74) is 0. The van der Waals surface area contributed by atoms with Gasteiger partial charge >= 0.3 is 0 Å². The van der Waals surface area contributed by atoms with Crippen molar-refractivity contribution < 1.29 is 5.11 Å². The van der Waals surface area contributed by atoms with Gasteiger partial charge in [-0.15, -0.1) is 0 Å². The molecule has 0 radical (unpaired) electrons. The summed E-state index contributed by atoms with van der Waals surface area (Å²) in [6.07, 6.45) is -0.309. The van der Waals surface area contributed by atoms with Gasteiger partial charge < -0.3 is 10.4 Å². The van der Waals surface area contributed by atoms with Gasteiger partial charge in [0.2, 0.25) is 0 Å². The van der Waals surface area contributed by atoms with Crippen LogP contribution < -0.4 is 10.6 Å². The minimum absolute atomic E-state index is 0.309. The molecular weight excluding hydrogens is 104 g/mol. The Morgan fingerprint density at radius 3 is 2.50 bits per heavy atom. The van der Waals surface area contributed by atoms with Gasteiger partial charge in [-0.05, 0) is 7.05 Å². The second-order valence-corrected chi connectivity index (χ2v) is 2.15. The maximum Gasteiger partial charge on any atom is 0.109 e. The predicted octanol–water partition coefficient (Wildman–Crippen LogP) is -1.26. The van der Waals surface area contributed by atoms with Gasteiger partial charge in [0, 0.05) is 19.0 Å². The molecule has 1 fully saturated rings. The molecule has 8 heavy (non-hydrogen) atoms. The predicted molar refractivity (Wildman–Crippen MR) is 31.4 cm³/mol. The van der Waals surface area contributed by atoms with E-state index in [1.165, 1.54) is 0 Å².